The number of hydrogen-bond donors (Lipinski definition) is 3. The summed E-state index contributed by atoms with van der Waals surface area (Å²) < 4.78 is 4.50. The molecule has 1 saturated heterocycles. The van der Waals surface area contributed by atoms with Crippen molar-refractivity contribution in [1.82, 2.24) is 4.90 Å². The molecule has 0 atom stereocenters. The number of amides is 2. The third-order valence-electron chi connectivity index (χ3n) is 0.857. The van der Waals surface area contributed by atoms with Crippen LogP contribution in [0.25, 0.3) is 0 Å². The van der Waals surface area contributed by atoms with E-state index in [9.17, 15) is 4.79 Å². The van der Waals surface area contributed by atoms with E-state index in [-0.39, 0.29) is 0 Å². The number of primary amides is 1. The number of rotatable bonds is 2. The summed E-state index contributed by atoms with van der Waals surface area (Å²) in [5, 5.41) is 16.3. The second-order valence-corrected chi connectivity index (χ2v) is 1.77. The molecule has 1 rings (SSSR count). The van der Waals surface area contributed by atoms with Crippen molar-refractivity contribution in [3.8, 4) is 0 Å². The molecule has 6 nitrogen and oxygen atoms in total. The summed E-state index contributed by atoms with van der Waals surface area (Å²) in [5.41, 5.74) is 4.62. The zero-order valence-electron chi connectivity index (χ0n) is 6.06. The van der Waals surface area contributed by atoms with Gasteiger partial charge in [-0.05, 0) is 0 Å². The Morgan fingerprint density at radius 2 is 1.82 bits per heavy atom. The van der Waals surface area contributed by atoms with Gasteiger partial charge in [-0.1, -0.05) is 0 Å². The van der Waals surface area contributed by atoms with Crippen molar-refractivity contribution in [3.63, 3.8) is 0 Å². The largest absolute Gasteiger partial charge is 0.377 e. The summed E-state index contributed by atoms with van der Waals surface area (Å²) in [6, 6.07) is -0.838. The third kappa shape index (κ3) is 7.04. The Hall–Kier alpha value is -0.850. The Kier molecular flexibility index (Phi) is 5.44. The van der Waals surface area contributed by atoms with Gasteiger partial charge < -0.3 is 20.7 Å². The average Bonchev–Trinajstić information content (AvgIpc) is 2.73. The normalized spacial score (nSPS) is 12.9. The van der Waals surface area contributed by atoms with E-state index in [1.165, 1.54) is 0 Å². The van der Waals surface area contributed by atoms with Crippen LogP contribution in [0.1, 0.15) is 0 Å². The Bertz CT molecular complexity index is 110. The number of carbonyl (C=O) groups is 1. The summed E-state index contributed by atoms with van der Waals surface area (Å²) in [6.07, 6.45) is 0. The number of carbonyl (C=O) groups excluding carboxylic acids is 1. The first kappa shape index (κ1) is 10.2. The first-order chi connectivity index (χ1) is 5.22. The van der Waals surface area contributed by atoms with Crippen LogP contribution in [0.2, 0.25) is 0 Å². The van der Waals surface area contributed by atoms with E-state index in [1.54, 1.807) is 0 Å². The maximum atomic E-state index is 9.99. The summed E-state index contributed by atoms with van der Waals surface area (Å²) in [4.78, 5) is 10.7. The van der Waals surface area contributed by atoms with E-state index in [2.05, 4.69) is 10.5 Å². The molecular formula is C5H12N2O4. The van der Waals surface area contributed by atoms with Gasteiger partial charge in [0, 0.05) is 0 Å². The number of aliphatic hydroxyl groups is 2. The number of epoxide rings is 1. The number of ether oxygens (including phenoxy) is 1. The van der Waals surface area contributed by atoms with E-state index < -0.39 is 19.5 Å². The lowest BCUT2D eigenvalue weighted by atomic mass is 10.8. The fourth-order valence-corrected chi connectivity index (χ4v) is 0.184. The number of hydrogen-bond acceptors (Lipinski definition) is 4. The minimum absolute atomic E-state index is 0.550. The van der Waals surface area contributed by atoms with Gasteiger partial charge in [0.05, 0.1) is 13.2 Å². The van der Waals surface area contributed by atoms with Crippen molar-refractivity contribution < 1.29 is 19.7 Å². The van der Waals surface area contributed by atoms with Gasteiger partial charge in [-0.3, -0.25) is 4.90 Å². The molecule has 1 fully saturated rings. The van der Waals surface area contributed by atoms with Crippen LogP contribution in [0, 0.1) is 0 Å². The van der Waals surface area contributed by atoms with E-state index in [0.717, 1.165) is 13.2 Å². The molecule has 1 aliphatic heterocycles. The van der Waals surface area contributed by atoms with Gasteiger partial charge in [0.2, 0.25) is 0 Å². The van der Waals surface area contributed by atoms with Crippen LogP contribution in [-0.4, -0.2) is 47.8 Å². The number of aliphatic hydroxyl groups excluding tert-OH is 2. The lowest BCUT2D eigenvalue weighted by Crippen LogP contribution is -2.36. The lowest BCUT2D eigenvalue weighted by Gasteiger charge is -2.11. The van der Waals surface area contributed by atoms with Crippen molar-refractivity contribution in [1.29, 1.82) is 0 Å². The van der Waals surface area contributed by atoms with Crippen LogP contribution in [0.15, 0.2) is 0 Å². The molecule has 0 aromatic carbocycles. The van der Waals surface area contributed by atoms with Crippen LogP contribution in [-0.2, 0) is 4.74 Å². The second kappa shape index (κ2) is 5.90. The molecule has 0 aliphatic carbocycles. The third-order valence-corrected chi connectivity index (χ3v) is 0.857. The summed E-state index contributed by atoms with van der Waals surface area (Å²) in [5.74, 6) is 0. The topological polar surface area (TPSA) is 99.3 Å². The minimum atomic E-state index is -0.838. The maximum absolute atomic E-state index is 9.99. The monoisotopic (exact) mass is 164 g/mol. The SMILES string of the molecule is C1CO1.NC(=O)N(CO)CO. The highest BCUT2D eigenvalue weighted by Crippen LogP contribution is 1.84. The highest BCUT2D eigenvalue weighted by Gasteiger charge is 2.02. The fraction of sp³-hybridized carbons (Fsp3) is 0.800. The maximum Gasteiger partial charge on any atom is 0.318 e. The van der Waals surface area contributed by atoms with E-state index in [4.69, 9.17) is 10.2 Å². The van der Waals surface area contributed by atoms with E-state index in [0.29, 0.717) is 4.90 Å². The summed E-state index contributed by atoms with van der Waals surface area (Å²) >= 11 is 0. The highest BCUT2D eigenvalue weighted by molar-refractivity contribution is 5.71. The molecular weight excluding hydrogens is 152 g/mol. The minimum Gasteiger partial charge on any atom is -0.377 e. The Morgan fingerprint density at radius 3 is 1.82 bits per heavy atom. The smallest absolute Gasteiger partial charge is 0.318 e. The van der Waals surface area contributed by atoms with E-state index >= 15 is 0 Å². The molecule has 0 saturated carbocycles. The molecule has 0 spiro atoms. The standard InChI is InChI=1S/C3H8N2O3.C2H4O/c4-3(8)5(1-6)2-7;1-2-3-1/h6-7H,1-2H2,(H2,4,8);1-2H2. The molecule has 0 unspecified atom stereocenters. The van der Waals surface area contributed by atoms with Crippen LogP contribution >= 0.6 is 0 Å². The zero-order valence-corrected chi connectivity index (χ0v) is 6.06. The van der Waals surface area contributed by atoms with Gasteiger partial charge in [-0.2, -0.15) is 0 Å². The quantitative estimate of drug-likeness (QED) is 0.334. The molecule has 1 aliphatic rings. The Labute approximate surface area is 64.2 Å². The fourth-order valence-electron chi connectivity index (χ4n) is 0.184. The molecule has 6 heteroatoms. The van der Waals surface area contributed by atoms with Gasteiger partial charge >= 0.3 is 6.03 Å². The van der Waals surface area contributed by atoms with Crippen LogP contribution < -0.4 is 5.73 Å². The number of urea groups is 1. The molecule has 0 aromatic rings. The van der Waals surface area contributed by atoms with Crippen LogP contribution in [0.5, 0.6) is 0 Å². The van der Waals surface area contributed by atoms with Crippen LogP contribution in [0.3, 0.4) is 0 Å². The zero-order chi connectivity index (χ0) is 8.69. The Balaban J connectivity index is 0.000000271. The van der Waals surface area contributed by atoms with Gasteiger partial charge in [-0.15, -0.1) is 0 Å². The van der Waals surface area contributed by atoms with Crippen molar-refractivity contribution >= 4 is 6.03 Å². The molecule has 0 bridgehead atoms. The number of nitrogens with two attached hydrogens (primary N) is 1. The Morgan fingerprint density at radius 1 is 1.45 bits per heavy atom. The molecule has 11 heavy (non-hydrogen) atoms. The first-order valence-corrected chi connectivity index (χ1v) is 3.06. The van der Waals surface area contributed by atoms with Crippen molar-refractivity contribution in [2.45, 2.75) is 0 Å². The van der Waals surface area contributed by atoms with Crippen molar-refractivity contribution in [2.75, 3.05) is 26.7 Å². The molecule has 66 valence electrons. The van der Waals surface area contributed by atoms with Gasteiger partial charge in [-0.25, -0.2) is 4.79 Å². The highest BCUT2D eigenvalue weighted by atomic mass is 16.6. The predicted octanol–water partition coefficient (Wildman–Crippen LogP) is -1.72. The van der Waals surface area contributed by atoms with E-state index in [1.807, 2.05) is 0 Å². The van der Waals surface area contributed by atoms with Gasteiger partial charge in [0.25, 0.3) is 0 Å². The van der Waals surface area contributed by atoms with Crippen molar-refractivity contribution in [3.05, 3.63) is 0 Å². The van der Waals surface area contributed by atoms with Crippen LogP contribution in [0.4, 0.5) is 4.79 Å². The molecule has 4 N–H and O–H groups in total. The van der Waals surface area contributed by atoms with Crippen molar-refractivity contribution in [2.24, 2.45) is 5.73 Å². The predicted molar refractivity (Wildman–Crippen MR) is 36.4 cm³/mol. The summed E-state index contributed by atoms with van der Waals surface area (Å²) in [6.45, 7) is 0.900. The molecule has 0 aromatic heterocycles. The summed E-state index contributed by atoms with van der Waals surface area (Å²) in [7, 11) is 0. The first-order valence-electron chi connectivity index (χ1n) is 3.06. The second-order valence-electron chi connectivity index (χ2n) is 1.77. The number of nitrogens with zero attached hydrogens (tertiary/aromatic N) is 1. The van der Waals surface area contributed by atoms with Gasteiger partial charge in [0.15, 0.2) is 0 Å². The average molecular weight is 164 g/mol. The molecule has 1 heterocycles. The molecule has 2 amide bonds. The lowest BCUT2D eigenvalue weighted by molar-refractivity contribution is 0.0608. The molecule has 0 radical (unpaired) electrons. The van der Waals surface area contributed by atoms with Gasteiger partial charge in [0.1, 0.15) is 13.5 Å².